The van der Waals surface area contributed by atoms with Crippen LogP contribution >= 0.6 is 0 Å². The van der Waals surface area contributed by atoms with Gasteiger partial charge in [-0.1, -0.05) is 18.6 Å². The average Bonchev–Trinajstić information content (AvgIpc) is 2.52. The lowest BCUT2D eigenvalue weighted by Gasteiger charge is -2.25. The van der Waals surface area contributed by atoms with Crippen molar-refractivity contribution >= 4 is 5.97 Å². The van der Waals surface area contributed by atoms with Crippen LogP contribution in [0.3, 0.4) is 0 Å². The molecule has 2 bridgehead atoms. The lowest BCUT2D eigenvalue weighted by atomic mass is 9.80. The van der Waals surface area contributed by atoms with Gasteiger partial charge in [0.1, 0.15) is 0 Å². The van der Waals surface area contributed by atoms with Crippen molar-refractivity contribution in [2.45, 2.75) is 32.6 Å². The van der Waals surface area contributed by atoms with Crippen LogP contribution in [0.4, 0.5) is 0 Å². The maximum atomic E-state index is 11.7. The number of allylic oxidation sites excluding steroid dienone is 2. The van der Waals surface area contributed by atoms with Gasteiger partial charge in [-0.25, -0.2) is 0 Å². The molecule has 2 heteroatoms. The fourth-order valence-electron chi connectivity index (χ4n) is 2.66. The highest BCUT2D eigenvalue weighted by Gasteiger charge is 2.34. The van der Waals surface area contributed by atoms with Gasteiger partial charge >= 0.3 is 5.97 Å². The quantitative estimate of drug-likeness (QED) is 0.499. The first kappa shape index (κ1) is 9.75. The van der Waals surface area contributed by atoms with Crippen LogP contribution in [0.15, 0.2) is 12.2 Å². The molecule has 0 spiro atoms. The summed E-state index contributed by atoms with van der Waals surface area (Å²) in [6, 6.07) is 0. The fraction of sp³-hybridized carbons (Fsp3) is 0.750. The number of hydrogen-bond acceptors (Lipinski definition) is 2. The summed E-state index contributed by atoms with van der Waals surface area (Å²) in [5, 5.41) is 0. The molecule has 3 unspecified atom stereocenters. The Labute approximate surface area is 85.3 Å². The molecule has 0 aromatic rings. The van der Waals surface area contributed by atoms with Gasteiger partial charge < -0.3 is 4.74 Å². The van der Waals surface area contributed by atoms with Gasteiger partial charge in [0.25, 0.3) is 0 Å². The zero-order valence-corrected chi connectivity index (χ0v) is 8.74. The summed E-state index contributed by atoms with van der Waals surface area (Å²) < 4.78 is 5.12. The van der Waals surface area contributed by atoms with Crippen LogP contribution in [0.25, 0.3) is 0 Å². The minimum Gasteiger partial charge on any atom is -0.466 e. The Kier molecular flexibility index (Phi) is 2.90. The third kappa shape index (κ3) is 1.84. The van der Waals surface area contributed by atoms with Crippen molar-refractivity contribution in [3.05, 3.63) is 12.2 Å². The Hall–Kier alpha value is -0.790. The summed E-state index contributed by atoms with van der Waals surface area (Å²) in [6.07, 6.45) is 9.23. The highest BCUT2D eigenvalue weighted by Crippen LogP contribution is 2.38. The van der Waals surface area contributed by atoms with Crippen molar-refractivity contribution in [1.82, 2.24) is 0 Å². The molecule has 0 N–H and O–H groups in total. The highest BCUT2D eigenvalue weighted by molar-refractivity contribution is 5.73. The molecule has 0 aromatic carbocycles. The third-order valence-electron chi connectivity index (χ3n) is 3.41. The number of carbonyl (C=O) groups is 1. The van der Waals surface area contributed by atoms with Crippen LogP contribution in [-0.4, -0.2) is 12.6 Å². The van der Waals surface area contributed by atoms with Gasteiger partial charge in [-0.3, -0.25) is 4.79 Å². The topological polar surface area (TPSA) is 26.3 Å². The Bertz CT molecular complexity index is 245. The van der Waals surface area contributed by atoms with Gasteiger partial charge in [-0.15, -0.1) is 0 Å². The minimum atomic E-state index is 0.0220. The van der Waals surface area contributed by atoms with E-state index in [1.807, 2.05) is 6.92 Å². The van der Waals surface area contributed by atoms with Crippen molar-refractivity contribution in [3.63, 3.8) is 0 Å². The molecular weight excluding hydrogens is 176 g/mol. The van der Waals surface area contributed by atoms with Gasteiger partial charge in [-0.2, -0.15) is 0 Å². The Morgan fingerprint density at radius 1 is 1.43 bits per heavy atom. The summed E-state index contributed by atoms with van der Waals surface area (Å²) in [7, 11) is 0. The first-order valence-corrected chi connectivity index (χ1v) is 5.66. The normalized spacial score (nSPS) is 35.4. The molecular formula is C12H18O2. The smallest absolute Gasteiger partial charge is 0.309 e. The molecule has 0 radical (unpaired) electrons. The molecule has 0 saturated heterocycles. The molecule has 3 rings (SSSR count). The first-order chi connectivity index (χ1) is 6.81. The maximum absolute atomic E-state index is 11.7. The molecule has 2 nitrogen and oxygen atoms in total. The van der Waals surface area contributed by atoms with Crippen LogP contribution < -0.4 is 0 Å². The number of esters is 1. The lowest BCUT2D eigenvalue weighted by Crippen LogP contribution is -2.27. The molecule has 0 heterocycles. The van der Waals surface area contributed by atoms with Crippen molar-refractivity contribution in [2.75, 3.05) is 6.61 Å². The van der Waals surface area contributed by atoms with Crippen molar-refractivity contribution in [3.8, 4) is 0 Å². The van der Waals surface area contributed by atoms with Gasteiger partial charge in [0.15, 0.2) is 0 Å². The van der Waals surface area contributed by atoms with Crippen LogP contribution in [0, 0.1) is 17.8 Å². The highest BCUT2D eigenvalue weighted by atomic mass is 16.5. The molecule has 0 aromatic heterocycles. The molecule has 78 valence electrons. The minimum absolute atomic E-state index is 0.0220. The summed E-state index contributed by atoms with van der Waals surface area (Å²) in [4.78, 5) is 11.7. The van der Waals surface area contributed by atoms with E-state index < -0.39 is 0 Å². The van der Waals surface area contributed by atoms with E-state index in [0.717, 1.165) is 12.8 Å². The summed E-state index contributed by atoms with van der Waals surface area (Å²) in [6.45, 7) is 2.39. The summed E-state index contributed by atoms with van der Waals surface area (Å²) in [5.41, 5.74) is 0. The van der Waals surface area contributed by atoms with E-state index >= 15 is 0 Å². The Morgan fingerprint density at radius 2 is 2.29 bits per heavy atom. The zero-order chi connectivity index (χ0) is 9.97. The maximum Gasteiger partial charge on any atom is 0.309 e. The van der Waals surface area contributed by atoms with Crippen LogP contribution in [0.1, 0.15) is 32.6 Å². The van der Waals surface area contributed by atoms with Crippen molar-refractivity contribution in [1.29, 1.82) is 0 Å². The molecule has 0 aliphatic heterocycles. The number of hydrogen-bond donors (Lipinski definition) is 0. The molecule has 3 aliphatic carbocycles. The van der Waals surface area contributed by atoms with Gasteiger partial charge in [0, 0.05) is 0 Å². The largest absolute Gasteiger partial charge is 0.466 e. The molecule has 3 aliphatic rings. The summed E-state index contributed by atoms with van der Waals surface area (Å²) >= 11 is 0. The van der Waals surface area contributed by atoms with Crippen LogP contribution in [0.5, 0.6) is 0 Å². The van der Waals surface area contributed by atoms with E-state index in [1.54, 1.807) is 0 Å². The monoisotopic (exact) mass is 194 g/mol. The zero-order valence-electron chi connectivity index (χ0n) is 8.74. The second kappa shape index (κ2) is 4.16. The second-order valence-electron chi connectivity index (χ2n) is 4.33. The number of fused-ring (bicyclic) bond motifs is 3. The fourth-order valence-corrected chi connectivity index (χ4v) is 2.66. The molecule has 3 atom stereocenters. The predicted octanol–water partition coefficient (Wildman–Crippen LogP) is 2.54. The number of rotatable bonds is 2. The van der Waals surface area contributed by atoms with Crippen molar-refractivity contribution < 1.29 is 9.53 Å². The van der Waals surface area contributed by atoms with Gasteiger partial charge in [-0.05, 0) is 38.0 Å². The van der Waals surface area contributed by atoms with Crippen molar-refractivity contribution in [2.24, 2.45) is 17.8 Å². The van der Waals surface area contributed by atoms with E-state index in [0.29, 0.717) is 18.4 Å². The SMILES string of the molecule is CCOC(=O)C1CC2C=CC1CCC2. The molecule has 1 fully saturated rings. The molecule has 0 amide bonds. The van der Waals surface area contributed by atoms with Crippen LogP contribution in [-0.2, 0) is 9.53 Å². The predicted molar refractivity (Wildman–Crippen MR) is 54.7 cm³/mol. The van der Waals surface area contributed by atoms with E-state index in [-0.39, 0.29) is 11.9 Å². The van der Waals surface area contributed by atoms with Crippen LogP contribution in [0.2, 0.25) is 0 Å². The lowest BCUT2D eigenvalue weighted by molar-refractivity contribution is -0.150. The molecule has 14 heavy (non-hydrogen) atoms. The van der Waals surface area contributed by atoms with E-state index in [2.05, 4.69) is 12.2 Å². The van der Waals surface area contributed by atoms with Gasteiger partial charge in [0.05, 0.1) is 12.5 Å². The molecule has 1 saturated carbocycles. The summed E-state index contributed by atoms with van der Waals surface area (Å²) in [5.74, 6) is 1.25. The van der Waals surface area contributed by atoms with E-state index in [9.17, 15) is 4.79 Å². The van der Waals surface area contributed by atoms with E-state index in [4.69, 9.17) is 4.74 Å². The number of ether oxygens (including phenoxy) is 1. The Balaban J connectivity index is 2.06. The third-order valence-corrected chi connectivity index (χ3v) is 3.41. The first-order valence-electron chi connectivity index (χ1n) is 5.66. The second-order valence-corrected chi connectivity index (χ2v) is 4.33. The average molecular weight is 194 g/mol. The van der Waals surface area contributed by atoms with Gasteiger partial charge in [0.2, 0.25) is 0 Å². The number of carbonyl (C=O) groups excluding carboxylic acids is 1. The standard InChI is InChI=1S/C12H18O2/c1-2-14-12(13)11-8-9-4-3-5-10(11)7-6-9/h6-7,9-11H,2-5,8H2,1H3. The van der Waals surface area contributed by atoms with E-state index in [1.165, 1.54) is 12.8 Å². The Morgan fingerprint density at radius 3 is 3.07 bits per heavy atom.